The molecule has 0 bridgehead atoms. The fourth-order valence-corrected chi connectivity index (χ4v) is 3.18. The minimum Gasteiger partial charge on any atom is -0.493 e. The van der Waals surface area contributed by atoms with E-state index in [4.69, 9.17) is 14.2 Å². The largest absolute Gasteiger partial charge is 0.493 e. The number of carbonyl (C=O) groups is 1. The van der Waals surface area contributed by atoms with E-state index in [2.05, 4.69) is 5.32 Å². The van der Waals surface area contributed by atoms with E-state index < -0.39 is 0 Å². The summed E-state index contributed by atoms with van der Waals surface area (Å²) in [7, 11) is 3.19. The zero-order chi connectivity index (χ0) is 19.1. The van der Waals surface area contributed by atoms with Gasteiger partial charge in [-0.3, -0.25) is 4.79 Å². The topological polar surface area (TPSA) is 56.8 Å². The standard InChI is InChI=1S/C20H25NO4S/c1-13(2)25-16-8-6-15(7-9-16)21-20(22)14(3)26-17-10-11-18(23-4)19(12-17)24-5/h6-14H,1-5H3,(H,21,22)/t14-/m1/s1. The molecule has 0 fully saturated rings. The first-order valence-electron chi connectivity index (χ1n) is 8.39. The van der Waals surface area contributed by atoms with Crippen LogP contribution in [0.15, 0.2) is 47.4 Å². The molecule has 26 heavy (non-hydrogen) atoms. The maximum absolute atomic E-state index is 12.4. The van der Waals surface area contributed by atoms with Crippen LogP contribution >= 0.6 is 11.8 Å². The molecule has 1 amide bonds. The van der Waals surface area contributed by atoms with E-state index in [-0.39, 0.29) is 17.3 Å². The molecule has 0 radical (unpaired) electrons. The predicted molar refractivity (Wildman–Crippen MR) is 106 cm³/mol. The Labute approximate surface area is 159 Å². The number of hydrogen-bond acceptors (Lipinski definition) is 5. The third-order valence-electron chi connectivity index (χ3n) is 3.53. The number of anilines is 1. The molecule has 2 rings (SSSR count). The van der Waals surface area contributed by atoms with Crippen molar-refractivity contribution in [2.75, 3.05) is 19.5 Å². The monoisotopic (exact) mass is 375 g/mol. The molecule has 1 N–H and O–H groups in total. The van der Waals surface area contributed by atoms with E-state index in [1.54, 1.807) is 14.2 Å². The SMILES string of the molecule is COc1ccc(S[C@H](C)C(=O)Nc2ccc(OC(C)C)cc2)cc1OC. The molecule has 6 heteroatoms. The van der Waals surface area contributed by atoms with Crippen LogP contribution in [0.2, 0.25) is 0 Å². The molecule has 0 spiro atoms. The molecule has 0 heterocycles. The first-order chi connectivity index (χ1) is 12.4. The summed E-state index contributed by atoms with van der Waals surface area (Å²) in [6.07, 6.45) is 0.119. The van der Waals surface area contributed by atoms with Crippen molar-refractivity contribution in [1.82, 2.24) is 0 Å². The Balaban J connectivity index is 1.97. The molecule has 2 aromatic carbocycles. The smallest absolute Gasteiger partial charge is 0.237 e. The van der Waals surface area contributed by atoms with Gasteiger partial charge in [-0.15, -0.1) is 11.8 Å². The van der Waals surface area contributed by atoms with E-state index in [9.17, 15) is 4.79 Å². The highest BCUT2D eigenvalue weighted by atomic mass is 32.2. The molecule has 0 aliphatic heterocycles. The van der Waals surface area contributed by atoms with Gasteiger partial charge in [0.2, 0.25) is 5.91 Å². The normalized spacial score (nSPS) is 11.8. The van der Waals surface area contributed by atoms with Crippen LogP contribution in [0.25, 0.3) is 0 Å². The second kappa shape index (κ2) is 9.38. The zero-order valence-electron chi connectivity index (χ0n) is 15.7. The van der Waals surface area contributed by atoms with Crippen molar-refractivity contribution < 1.29 is 19.0 Å². The lowest BCUT2D eigenvalue weighted by molar-refractivity contribution is -0.115. The van der Waals surface area contributed by atoms with Gasteiger partial charge in [0, 0.05) is 10.6 Å². The van der Waals surface area contributed by atoms with Crippen molar-refractivity contribution in [2.24, 2.45) is 0 Å². The fraction of sp³-hybridized carbons (Fsp3) is 0.350. The van der Waals surface area contributed by atoms with Crippen molar-refractivity contribution in [3.8, 4) is 17.2 Å². The van der Waals surface area contributed by atoms with E-state index in [0.717, 1.165) is 16.3 Å². The fourth-order valence-electron chi connectivity index (χ4n) is 2.28. The number of benzene rings is 2. The number of carbonyl (C=O) groups excluding carboxylic acids is 1. The van der Waals surface area contributed by atoms with Gasteiger partial charge in [-0.05, 0) is 63.2 Å². The van der Waals surface area contributed by atoms with Crippen molar-refractivity contribution in [3.63, 3.8) is 0 Å². The maximum atomic E-state index is 12.4. The lowest BCUT2D eigenvalue weighted by Crippen LogP contribution is -2.22. The molecule has 0 unspecified atom stereocenters. The van der Waals surface area contributed by atoms with Crippen molar-refractivity contribution in [1.29, 1.82) is 0 Å². The van der Waals surface area contributed by atoms with Gasteiger partial charge in [-0.2, -0.15) is 0 Å². The van der Waals surface area contributed by atoms with E-state index >= 15 is 0 Å². The van der Waals surface area contributed by atoms with E-state index in [1.807, 2.05) is 63.2 Å². The summed E-state index contributed by atoms with van der Waals surface area (Å²) in [5.41, 5.74) is 0.742. The average molecular weight is 375 g/mol. The van der Waals surface area contributed by atoms with Crippen molar-refractivity contribution >= 4 is 23.4 Å². The summed E-state index contributed by atoms with van der Waals surface area (Å²) in [6, 6.07) is 13.0. The second-order valence-corrected chi connectivity index (χ2v) is 7.37. The highest BCUT2D eigenvalue weighted by molar-refractivity contribution is 8.00. The molecular weight excluding hydrogens is 350 g/mol. The Bertz CT molecular complexity index is 731. The van der Waals surface area contributed by atoms with Gasteiger partial charge < -0.3 is 19.5 Å². The van der Waals surface area contributed by atoms with E-state index in [1.165, 1.54) is 11.8 Å². The van der Waals surface area contributed by atoms with Crippen LogP contribution in [0, 0.1) is 0 Å². The van der Waals surface area contributed by atoms with Crippen molar-refractivity contribution in [2.45, 2.75) is 37.0 Å². The molecule has 0 saturated carbocycles. The number of rotatable bonds is 8. The molecule has 2 aromatic rings. The average Bonchev–Trinajstić information content (AvgIpc) is 2.62. The van der Waals surface area contributed by atoms with Crippen LogP contribution in [0.5, 0.6) is 17.2 Å². The first-order valence-corrected chi connectivity index (χ1v) is 9.27. The number of ether oxygens (including phenoxy) is 3. The molecule has 140 valence electrons. The predicted octanol–water partition coefficient (Wildman–Crippen LogP) is 4.61. The number of amides is 1. The molecular formula is C20H25NO4S. The van der Waals surface area contributed by atoms with Crippen LogP contribution in [0.4, 0.5) is 5.69 Å². The van der Waals surface area contributed by atoms with Gasteiger partial charge >= 0.3 is 0 Å². The third kappa shape index (κ3) is 5.59. The Morgan fingerprint density at radius 2 is 1.62 bits per heavy atom. The van der Waals surface area contributed by atoms with Gasteiger partial charge in [0.05, 0.1) is 25.6 Å². The van der Waals surface area contributed by atoms with Crippen LogP contribution in [0.3, 0.4) is 0 Å². The van der Waals surface area contributed by atoms with Gasteiger partial charge in [0.15, 0.2) is 11.5 Å². The summed E-state index contributed by atoms with van der Waals surface area (Å²) in [5.74, 6) is 2.02. The number of methoxy groups -OCH3 is 2. The highest BCUT2D eigenvalue weighted by Crippen LogP contribution is 2.33. The lowest BCUT2D eigenvalue weighted by Gasteiger charge is -2.14. The van der Waals surface area contributed by atoms with Gasteiger partial charge in [-0.1, -0.05) is 0 Å². The number of thioether (sulfide) groups is 1. The van der Waals surface area contributed by atoms with Crippen LogP contribution < -0.4 is 19.5 Å². The summed E-state index contributed by atoms with van der Waals surface area (Å²) in [5, 5.41) is 2.66. The van der Waals surface area contributed by atoms with Crippen LogP contribution in [-0.4, -0.2) is 31.5 Å². The molecule has 0 aliphatic carbocycles. The Kier molecular flexibility index (Phi) is 7.21. The minimum absolute atomic E-state index is 0.0673. The number of hydrogen-bond donors (Lipinski definition) is 1. The van der Waals surface area contributed by atoms with E-state index in [0.29, 0.717) is 11.5 Å². The zero-order valence-corrected chi connectivity index (χ0v) is 16.6. The molecule has 0 aromatic heterocycles. The summed E-state index contributed by atoms with van der Waals surface area (Å²) >= 11 is 1.46. The molecule has 0 aliphatic rings. The van der Waals surface area contributed by atoms with Gasteiger partial charge in [0.25, 0.3) is 0 Å². The van der Waals surface area contributed by atoms with Crippen LogP contribution in [-0.2, 0) is 4.79 Å². The molecule has 1 atom stereocenters. The van der Waals surface area contributed by atoms with Gasteiger partial charge in [0.1, 0.15) is 5.75 Å². The van der Waals surface area contributed by atoms with Gasteiger partial charge in [-0.25, -0.2) is 0 Å². The Morgan fingerprint density at radius 1 is 0.962 bits per heavy atom. The number of nitrogens with one attached hydrogen (secondary N) is 1. The highest BCUT2D eigenvalue weighted by Gasteiger charge is 2.16. The second-order valence-electron chi connectivity index (χ2n) is 5.96. The van der Waals surface area contributed by atoms with Crippen LogP contribution in [0.1, 0.15) is 20.8 Å². The van der Waals surface area contributed by atoms with Crippen molar-refractivity contribution in [3.05, 3.63) is 42.5 Å². The third-order valence-corrected chi connectivity index (χ3v) is 4.62. The Morgan fingerprint density at radius 3 is 2.19 bits per heavy atom. The maximum Gasteiger partial charge on any atom is 0.237 e. The molecule has 0 saturated heterocycles. The minimum atomic E-state index is -0.264. The Hall–Kier alpha value is -2.34. The molecule has 5 nitrogen and oxygen atoms in total. The summed E-state index contributed by atoms with van der Waals surface area (Å²) in [4.78, 5) is 13.4. The first kappa shape index (κ1) is 20.0. The quantitative estimate of drug-likeness (QED) is 0.683. The summed E-state index contributed by atoms with van der Waals surface area (Å²) in [6.45, 7) is 5.82. The lowest BCUT2D eigenvalue weighted by atomic mass is 10.3. The summed E-state index contributed by atoms with van der Waals surface area (Å²) < 4.78 is 16.1.